The second-order valence-corrected chi connectivity index (χ2v) is 4.40. The van der Waals surface area contributed by atoms with Crippen LogP contribution in [0.25, 0.3) is 0 Å². The van der Waals surface area contributed by atoms with Gasteiger partial charge in [-0.2, -0.15) is 0 Å². The fourth-order valence-corrected chi connectivity index (χ4v) is 2.31. The number of rotatable bonds is 5. The van der Waals surface area contributed by atoms with E-state index in [1.807, 2.05) is 0 Å². The van der Waals surface area contributed by atoms with E-state index in [1.165, 1.54) is 20.6 Å². The molecule has 0 spiro atoms. The quantitative estimate of drug-likeness (QED) is 0.728. The largest absolute Gasteiger partial charge is 0.467 e. The van der Waals surface area contributed by atoms with Crippen molar-refractivity contribution in [2.45, 2.75) is 38.1 Å². The van der Waals surface area contributed by atoms with Crippen LogP contribution in [0.1, 0.15) is 32.1 Å². The number of methoxy groups -OCH3 is 2. The minimum Gasteiger partial charge on any atom is -0.467 e. The Kier molecular flexibility index (Phi) is 5.97. The van der Waals surface area contributed by atoms with Gasteiger partial charge in [-0.25, -0.2) is 4.79 Å². The molecule has 17 heavy (non-hydrogen) atoms. The van der Waals surface area contributed by atoms with Crippen molar-refractivity contribution in [3.63, 3.8) is 0 Å². The molecule has 0 unspecified atom stereocenters. The number of carbonyl (C=O) groups is 2. The van der Waals surface area contributed by atoms with Gasteiger partial charge in [-0.3, -0.25) is 4.79 Å². The van der Waals surface area contributed by atoms with Crippen molar-refractivity contribution in [1.82, 2.24) is 5.32 Å². The highest BCUT2D eigenvalue weighted by Crippen LogP contribution is 2.27. The second-order valence-electron chi connectivity index (χ2n) is 4.40. The van der Waals surface area contributed by atoms with Crippen molar-refractivity contribution in [3.8, 4) is 0 Å². The van der Waals surface area contributed by atoms with Crippen molar-refractivity contribution in [2.75, 3.05) is 20.8 Å². The lowest BCUT2D eigenvalue weighted by Gasteiger charge is -2.28. The maximum atomic E-state index is 11.7. The van der Waals surface area contributed by atoms with Crippen LogP contribution in [0, 0.1) is 5.92 Å². The Morgan fingerprint density at radius 2 is 1.88 bits per heavy atom. The van der Waals surface area contributed by atoms with Gasteiger partial charge in [0.2, 0.25) is 5.91 Å². The predicted octanol–water partition coefficient (Wildman–Crippen LogP) is 0.871. The van der Waals surface area contributed by atoms with Crippen LogP contribution >= 0.6 is 0 Å². The first kappa shape index (κ1) is 14.0. The van der Waals surface area contributed by atoms with Gasteiger partial charge in [-0.15, -0.1) is 0 Å². The Labute approximate surface area is 102 Å². The van der Waals surface area contributed by atoms with Crippen LogP contribution in [0.15, 0.2) is 0 Å². The SMILES string of the molecule is COCC(=O)N[C@H](C(=O)OC)C1CCCCC1. The molecule has 98 valence electrons. The third-order valence-corrected chi connectivity index (χ3v) is 3.17. The summed E-state index contributed by atoms with van der Waals surface area (Å²) in [5, 5.41) is 2.70. The van der Waals surface area contributed by atoms with Crippen molar-refractivity contribution in [3.05, 3.63) is 0 Å². The van der Waals surface area contributed by atoms with E-state index in [0.29, 0.717) is 0 Å². The summed E-state index contributed by atoms with van der Waals surface area (Å²) in [4.78, 5) is 23.1. The van der Waals surface area contributed by atoms with Crippen LogP contribution in [0.3, 0.4) is 0 Å². The zero-order valence-corrected chi connectivity index (χ0v) is 10.5. The highest BCUT2D eigenvalue weighted by atomic mass is 16.5. The lowest BCUT2D eigenvalue weighted by Crippen LogP contribution is -2.48. The van der Waals surface area contributed by atoms with Crippen molar-refractivity contribution in [2.24, 2.45) is 5.92 Å². The summed E-state index contributed by atoms with van der Waals surface area (Å²) in [6.07, 6.45) is 5.35. The van der Waals surface area contributed by atoms with E-state index >= 15 is 0 Å². The molecule has 1 amide bonds. The standard InChI is InChI=1S/C12H21NO4/c1-16-8-10(14)13-11(12(15)17-2)9-6-4-3-5-7-9/h9,11H,3-8H2,1-2H3,(H,13,14)/t11-/m0/s1. The van der Waals surface area contributed by atoms with E-state index in [2.05, 4.69) is 5.32 Å². The lowest BCUT2D eigenvalue weighted by molar-refractivity contribution is -0.147. The van der Waals surface area contributed by atoms with Crippen LogP contribution < -0.4 is 5.32 Å². The molecular formula is C12H21NO4. The maximum absolute atomic E-state index is 11.7. The minimum absolute atomic E-state index is 0.0276. The van der Waals surface area contributed by atoms with Gasteiger partial charge in [0.25, 0.3) is 0 Å². The monoisotopic (exact) mass is 243 g/mol. The van der Waals surface area contributed by atoms with Crippen LogP contribution in [0.4, 0.5) is 0 Å². The Morgan fingerprint density at radius 1 is 1.24 bits per heavy atom. The van der Waals surface area contributed by atoms with Gasteiger partial charge in [0, 0.05) is 7.11 Å². The number of amides is 1. The van der Waals surface area contributed by atoms with Gasteiger partial charge in [-0.05, 0) is 18.8 Å². The molecule has 0 radical (unpaired) electrons. The Morgan fingerprint density at radius 3 is 2.41 bits per heavy atom. The van der Waals surface area contributed by atoms with Crippen LogP contribution in [-0.2, 0) is 19.1 Å². The zero-order valence-electron chi connectivity index (χ0n) is 10.5. The molecule has 0 aliphatic heterocycles. The molecule has 1 fully saturated rings. The van der Waals surface area contributed by atoms with Gasteiger partial charge in [0.1, 0.15) is 12.6 Å². The average Bonchev–Trinajstić information content (AvgIpc) is 2.36. The van der Waals surface area contributed by atoms with Crippen LogP contribution in [0.5, 0.6) is 0 Å². The average molecular weight is 243 g/mol. The lowest BCUT2D eigenvalue weighted by atomic mass is 9.84. The maximum Gasteiger partial charge on any atom is 0.328 e. The van der Waals surface area contributed by atoms with E-state index in [0.717, 1.165) is 25.7 Å². The van der Waals surface area contributed by atoms with E-state index < -0.39 is 6.04 Å². The van der Waals surface area contributed by atoms with E-state index in [9.17, 15) is 9.59 Å². The Balaban J connectivity index is 2.58. The zero-order chi connectivity index (χ0) is 12.7. The van der Waals surface area contributed by atoms with Gasteiger partial charge in [-0.1, -0.05) is 19.3 Å². The summed E-state index contributed by atoms with van der Waals surface area (Å²) in [5.41, 5.74) is 0. The minimum atomic E-state index is -0.525. The number of ether oxygens (including phenoxy) is 2. The molecule has 1 N–H and O–H groups in total. The molecule has 1 aliphatic rings. The smallest absolute Gasteiger partial charge is 0.328 e. The van der Waals surface area contributed by atoms with Crippen molar-refractivity contribution in [1.29, 1.82) is 0 Å². The molecule has 0 aromatic rings. The predicted molar refractivity (Wildman–Crippen MR) is 62.4 cm³/mol. The summed E-state index contributed by atoms with van der Waals surface area (Å²) in [6, 6.07) is -0.525. The molecule has 0 aromatic carbocycles. The number of esters is 1. The molecule has 5 nitrogen and oxygen atoms in total. The molecule has 0 aromatic heterocycles. The van der Waals surface area contributed by atoms with Gasteiger partial charge < -0.3 is 14.8 Å². The van der Waals surface area contributed by atoms with E-state index in [-0.39, 0.29) is 24.4 Å². The molecule has 5 heteroatoms. The van der Waals surface area contributed by atoms with Crippen molar-refractivity contribution >= 4 is 11.9 Å². The third kappa shape index (κ3) is 4.34. The summed E-state index contributed by atoms with van der Waals surface area (Å²) in [5.74, 6) is -0.438. The topological polar surface area (TPSA) is 64.6 Å². The molecule has 0 saturated heterocycles. The summed E-state index contributed by atoms with van der Waals surface area (Å²) >= 11 is 0. The number of nitrogens with one attached hydrogen (secondary N) is 1. The molecule has 0 bridgehead atoms. The fraction of sp³-hybridized carbons (Fsp3) is 0.833. The molecule has 1 aliphatic carbocycles. The number of hydrogen-bond donors (Lipinski definition) is 1. The molecule has 1 saturated carbocycles. The highest BCUT2D eigenvalue weighted by Gasteiger charge is 2.31. The van der Waals surface area contributed by atoms with Crippen molar-refractivity contribution < 1.29 is 19.1 Å². The summed E-state index contributed by atoms with van der Waals surface area (Å²) in [6.45, 7) is -0.0276. The van der Waals surface area contributed by atoms with Gasteiger partial charge >= 0.3 is 5.97 Å². The Hall–Kier alpha value is -1.10. The first-order valence-electron chi connectivity index (χ1n) is 6.05. The van der Waals surface area contributed by atoms with Crippen LogP contribution in [-0.4, -0.2) is 38.7 Å². The fourth-order valence-electron chi connectivity index (χ4n) is 2.31. The molecule has 1 rings (SSSR count). The molecule has 1 atom stereocenters. The first-order valence-corrected chi connectivity index (χ1v) is 6.05. The first-order chi connectivity index (χ1) is 8.19. The van der Waals surface area contributed by atoms with E-state index in [4.69, 9.17) is 9.47 Å². The van der Waals surface area contributed by atoms with Gasteiger partial charge in [0.15, 0.2) is 0 Å². The van der Waals surface area contributed by atoms with E-state index in [1.54, 1.807) is 0 Å². The second kappa shape index (κ2) is 7.27. The summed E-state index contributed by atoms with van der Waals surface area (Å²) < 4.78 is 9.49. The van der Waals surface area contributed by atoms with Gasteiger partial charge in [0.05, 0.1) is 7.11 Å². The highest BCUT2D eigenvalue weighted by molar-refractivity contribution is 5.85. The number of carbonyl (C=O) groups excluding carboxylic acids is 2. The molecule has 0 heterocycles. The summed E-state index contributed by atoms with van der Waals surface area (Å²) in [7, 11) is 2.80. The number of hydrogen-bond acceptors (Lipinski definition) is 4. The Bertz CT molecular complexity index is 261. The normalized spacial score (nSPS) is 18.5. The third-order valence-electron chi connectivity index (χ3n) is 3.17. The van der Waals surface area contributed by atoms with Crippen LogP contribution in [0.2, 0.25) is 0 Å². The molecular weight excluding hydrogens is 222 g/mol.